The lowest BCUT2D eigenvalue weighted by molar-refractivity contribution is -0.147. The average Bonchev–Trinajstić information content (AvgIpc) is 2.52. The Labute approximate surface area is 139 Å². The molecule has 3 nitrogen and oxygen atoms in total. The van der Waals surface area contributed by atoms with Gasteiger partial charge in [-0.25, -0.2) is 0 Å². The molecule has 3 aliphatic rings. The van der Waals surface area contributed by atoms with Crippen LogP contribution in [-0.2, 0) is 9.59 Å². The summed E-state index contributed by atoms with van der Waals surface area (Å²) in [6.07, 6.45) is 6.42. The second-order valence-corrected chi connectivity index (χ2v) is 9.00. The number of rotatable bonds is 2. The van der Waals surface area contributed by atoms with Gasteiger partial charge in [0.05, 0.1) is 0 Å². The number of aliphatic hydroxyl groups is 1. The molecule has 3 heteroatoms. The minimum Gasteiger partial charge on any atom is -0.389 e. The molecule has 0 heterocycles. The Morgan fingerprint density at radius 2 is 1.91 bits per heavy atom. The predicted molar refractivity (Wildman–Crippen MR) is 89.9 cm³/mol. The third-order valence-electron chi connectivity index (χ3n) is 7.93. The van der Waals surface area contributed by atoms with Crippen molar-refractivity contribution in [3.8, 4) is 0 Å². The lowest BCUT2D eigenvalue weighted by Gasteiger charge is -2.62. The van der Waals surface area contributed by atoms with E-state index in [1.807, 2.05) is 6.92 Å². The smallest absolute Gasteiger partial charge is 0.164 e. The molecule has 0 saturated heterocycles. The largest absolute Gasteiger partial charge is 0.389 e. The van der Waals surface area contributed by atoms with Crippen molar-refractivity contribution in [3.63, 3.8) is 0 Å². The molecule has 0 radical (unpaired) electrons. The highest BCUT2D eigenvalue weighted by Crippen LogP contribution is 2.66. The molecule has 0 bridgehead atoms. The van der Waals surface area contributed by atoms with Gasteiger partial charge >= 0.3 is 0 Å². The van der Waals surface area contributed by atoms with Gasteiger partial charge in [0, 0.05) is 11.8 Å². The topological polar surface area (TPSA) is 54.4 Å². The fraction of sp³-hybridized carbons (Fsp3) is 0.800. The van der Waals surface area contributed by atoms with E-state index in [-0.39, 0.29) is 34.4 Å². The van der Waals surface area contributed by atoms with Crippen molar-refractivity contribution in [1.82, 2.24) is 0 Å². The van der Waals surface area contributed by atoms with Gasteiger partial charge in [-0.15, -0.1) is 0 Å². The first-order valence-corrected chi connectivity index (χ1v) is 9.04. The van der Waals surface area contributed by atoms with Crippen LogP contribution >= 0.6 is 0 Å². The van der Waals surface area contributed by atoms with Crippen LogP contribution in [-0.4, -0.2) is 23.3 Å². The molecule has 3 saturated carbocycles. The number of carbonyl (C=O) groups excluding carboxylic acids is 2. The van der Waals surface area contributed by atoms with E-state index in [1.165, 1.54) is 0 Å². The number of aliphatic hydroxyl groups excluding tert-OH is 1. The first kappa shape index (κ1) is 16.9. The quantitative estimate of drug-likeness (QED) is 0.790. The SMILES string of the molecule is C=C1C(=O)CC[C@@H]2[C@@]3(C)CC[C@](C)(C(=O)CO)C[C@@H]3CC[C@]12C. The van der Waals surface area contributed by atoms with Crippen LogP contribution in [0.4, 0.5) is 0 Å². The third-order valence-corrected chi connectivity index (χ3v) is 7.93. The summed E-state index contributed by atoms with van der Waals surface area (Å²) in [7, 11) is 0. The summed E-state index contributed by atoms with van der Waals surface area (Å²) in [4.78, 5) is 24.4. The minimum absolute atomic E-state index is 0.00360. The maximum Gasteiger partial charge on any atom is 0.164 e. The van der Waals surface area contributed by atoms with Crippen LogP contribution in [0, 0.1) is 28.1 Å². The fourth-order valence-electron chi connectivity index (χ4n) is 6.09. The highest BCUT2D eigenvalue weighted by atomic mass is 16.3. The summed E-state index contributed by atoms with van der Waals surface area (Å²) in [6, 6.07) is 0. The van der Waals surface area contributed by atoms with Crippen LogP contribution in [0.3, 0.4) is 0 Å². The zero-order valence-corrected chi connectivity index (χ0v) is 14.8. The minimum atomic E-state index is -0.367. The van der Waals surface area contributed by atoms with Gasteiger partial charge in [-0.3, -0.25) is 9.59 Å². The summed E-state index contributed by atoms with van der Waals surface area (Å²) in [5.41, 5.74) is 0.600. The van der Waals surface area contributed by atoms with Crippen LogP contribution in [0.15, 0.2) is 12.2 Å². The molecular formula is C20H30O3. The van der Waals surface area contributed by atoms with E-state index in [0.717, 1.165) is 44.1 Å². The van der Waals surface area contributed by atoms with Crippen LogP contribution in [0.2, 0.25) is 0 Å². The molecule has 0 aromatic heterocycles. The molecule has 0 aromatic carbocycles. The fourth-order valence-corrected chi connectivity index (χ4v) is 6.09. The van der Waals surface area contributed by atoms with Gasteiger partial charge in [-0.2, -0.15) is 0 Å². The van der Waals surface area contributed by atoms with Gasteiger partial charge < -0.3 is 5.11 Å². The Bertz CT molecular complexity index is 565. The van der Waals surface area contributed by atoms with Crippen LogP contribution in [0.5, 0.6) is 0 Å². The number of hydrogen-bond donors (Lipinski definition) is 1. The Morgan fingerprint density at radius 1 is 1.22 bits per heavy atom. The molecule has 3 aliphatic carbocycles. The first-order chi connectivity index (χ1) is 10.7. The number of hydrogen-bond acceptors (Lipinski definition) is 3. The third kappa shape index (κ3) is 2.26. The molecule has 0 amide bonds. The maximum atomic E-state index is 12.2. The zero-order chi connectivity index (χ0) is 17.0. The van der Waals surface area contributed by atoms with E-state index in [4.69, 9.17) is 0 Å². The Kier molecular flexibility index (Phi) is 3.87. The molecule has 0 aliphatic heterocycles. The Balaban J connectivity index is 1.91. The van der Waals surface area contributed by atoms with Gasteiger partial charge in [0.25, 0.3) is 0 Å². The molecule has 5 atom stereocenters. The number of carbonyl (C=O) groups is 2. The summed E-state index contributed by atoms with van der Waals surface area (Å²) < 4.78 is 0. The first-order valence-electron chi connectivity index (χ1n) is 9.04. The van der Waals surface area contributed by atoms with E-state index in [1.54, 1.807) is 0 Å². The maximum absolute atomic E-state index is 12.2. The lowest BCUT2D eigenvalue weighted by atomic mass is 9.42. The standard InChI is InChI=1S/C20H30O3/c1-13-15(22)5-6-16-19(13,3)8-7-14-11-18(2,17(23)12-21)9-10-20(14,16)4/h14,16,21H,1,5-12H2,2-4H3/t14-,16-,18-,19+,20-/m0/s1. The van der Waals surface area contributed by atoms with Crippen molar-refractivity contribution >= 4 is 11.6 Å². The van der Waals surface area contributed by atoms with Crippen molar-refractivity contribution in [2.45, 2.75) is 65.7 Å². The number of allylic oxidation sites excluding steroid dienone is 1. The average molecular weight is 318 g/mol. The Morgan fingerprint density at radius 3 is 2.57 bits per heavy atom. The van der Waals surface area contributed by atoms with Crippen molar-refractivity contribution < 1.29 is 14.7 Å². The van der Waals surface area contributed by atoms with Gasteiger partial charge in [-0.1, -0.05) is 27.4 Å². The summed E-state index contributed by atoms with van der Waals surface area (Å²) in [5.74, 6) is 1.25. The summed E-state index contributed by atoms with van der Waals surface area (Å²) in [5, 5.41) is 9.31. The molecule has 0 spiro atoms. The van der Waals surface area contributed by atoms with Gasteiger partial charge in [0.15, 0.2) is 11.6 Å². The van der Waals surface area contributed by atoms with Crippen molar-refractivity contribution in [3.05, 3.63) is 12.2 Å². The van der Waals surface area contributed by atoms with Crippen LogP contribution in [0.1, 0.15) is 65.7 Å². The zero-order valence-electron chi connectivity index (χ0n) is 14.8. The van der Waals surface area contributed by atoms with Crippen molar-refractivity contribution in [1.29, 1.82) is 0 Å². The number of Topliss-reactive ketones (excluding diaryl/α,β-unsaturated/α-hetero) is 2. The summed E-state index contributed by atoms with van der Waals surface area (Å²) in [6.45, 7) is 10.5. The van der Waals surface area contributed by atoms with E-state index < -0.39 is 0 Å². The monoisotopic (exact) mass is 318 g/mol. The summed E-state index contributed by atoms with van der Waals surface area (Å²) >= 11 is 0. The lowest BCUT2D eigenvalue weighted by Crippen LogP contribution is -2.56. The van der Waals surface area contributed by atoms with Gasteiger partial charge in [0.2, 0.25) is 0 Å². The predicted octanol–water partition coefficient (Wildman–Crippen LogP) is 3.70. The van der Waals surface area contributed by atoms with E-state index >= 15 is 0 Å². The second-order valence-electron chi connectivity index (χ2n) is 9.00. The van der Waals surface area contributed by atoms with E-state index in [0.29, 0.717) is 18.3 Å². The van der Waals surface area contributed by atoms with Crippen molar-refractivity contribution in [2.75, 3.05) is 6.61 Å². The highest BCUT2D eigenvalue weighted by molar-refractivity contribution is 5.97. The van der Waals surface area contributed by atoms with E-state index in [2.05, 4.69) is 20.4 Å². The van der Waals surface area contributed by atoms with Gasteiger partial charge in [0.1, 0.15) is 6.61 Å². The van der Waals surface area contributed by atoms with Crippen molar-refractivity contribution in [2.24, 2.45) is 28.1 Å². The van der Waals surface area contributed by atoms with Crippen LogP contribution < -0.4 is 0 Å². The van der Waals surface area contributed by atoms with Crippen LogP contribution in [0.25, 0.3) is 0 Å². The van der Waals surface area contributed by atoms with E-state index in [9.17, 15) is 14.7 Å². The van der Waals surface area contributed by atoms with Gasteiger partial charge in [-0.05, 0) is 66.8 Å². The molecule has 0 aromatic rings. The highest BCUT2D eigenvalue weighted by Gasteiger charge is 2.59. The molecule has 23 heavy (non-hydrogen) atoms. The molecule has 3 rings (SSSR count). The molecule has 128 valence electrons. The second kappa shape index (κ2) is 5.27. The number of ketones is 2. The number of fused-ring (bicyclic) bond motifs is 3. The molecular weight excluding hydrogens is 288 g/mol. The Hall–Kier alpha value is -0.960. The normalized spacial score (nSPS) is 47.0. The molecule has 3 fully saturated rings. The molecule has 0 unspecified atom stereocenters. The molecule has 1 N–H and O–H groups in total.